The molecule has 1 amide bonds. The van der Waals surface area contributed by atoms with E-state index in [1.54, 1.807) is 18.4 Å². The topological polar surface area (TPSA) is 41.6 Å². The van der Waals surface area contributed by atoms with Crippen molar-refractivity contribution < 1.29 is 9.53 Å². The largest absolute Gasteiger partial charge is 0.497 e. The van der Waals surface area contributed by atoms with Crippen molar-refractivity contribution >= 4 is 17.2 Å². The molecule has 0 saturated carbocycles. The van der Waals surface area contributed by atoms with E-state index in [1.807, 2.05) is 12.1 Å². The fourth-order valence-electron chi connectivity index (χ4n) is 4.17. The lowest BCUT2D eigenvalue weighted by molar-refractivity contribution is -0.127. The molecule has 0 radical (unpaired) electrons. The SMILES string of the molecule is COc1ccc(CCNC(=O)C2CCCCN2Cc2ccc(-c3cccs3)cc2)cc1. The number of piperidine rings is 1. The highest BCUT2D eigenvalue weighted by atomic mass is 32.1. The van der Waals surface area contributed by atoms with Gasteiger partial charge in [0.2, 0.25) is 5.91 Å². The number of likely N-dealkylation sites (tertiary alicyclic amines) is 1. The first-order valence-corrected chi connectivity index (χ1v) is 11.9. The number of amides is 1. The molecule has 5 heteroatoms. The summed E-state index contributed by atoms with van der Waals surface area (Å²) in [5.41, 5.74) is 3.72. The van der Waals surface area contributed by atoms with Gasteiger partial charge in [-0.05, 0) is 66.1 Å². The van der Waals surface area contributed by atoms with Gasteiger partial charge in [-0.2, -0.15) is 0 Å². The van der Waals surface area contributed by atoms with Crippen molar-refractivity contribution in [3.63, 3.8) is 0 Å². The number of hydrogen-bond acceptors (Lipinski definition) is 4. The molecular formula is C26H30N2O2S. The second-order valence-corrected chi connectivity index (χ2v) is 8.99. The summed E-state index contributed by atoms with van der Waals surface area (Å²) in [6, 6.07) is 21.0. The maximum atomic E-state index is 12.9. The van der Waals surface area contributed by atoms with Crippen LogP contribution in [0.25, 0.3) is 10.4 Å². The summed E-state index contributed by atoms with van der Waals surface area (Å²) in [5, 5.41) is 5.27. The normalized spacial score (nSPS) is 16.7. The number of carbonyl (C=O) groups is 1. The number of thiophene rings is 1. The van der Waals surface area contributed by atoms with Crippen molar-refractivity contribution in [3.05, 3.63) is 77.2 Å². The van der Waals surface area contributed by atoms with Crippen LogP contribution in [0.15, 0.2) is 66.0 Å². The van der Waals surface area contributed by atoms with Crippen molar-refractivity contribution in [2.45, 2.75) is 38.3 Å². The molecule has 1 aromatic heterocycles. The van der Waals surface area contributed by atoms with Gasteiger partial charge in [0.25, 0.3) is 0 Å². The lowest BCUT2D eigenvalue weighted by atomic mass is 10.00. The Morgan fingerprint density at radius 2 is 1.84 bits per heavy atom. The van der Waals surface area contributed by atoms with E-state index in [0.29, 0.717) is 6.54 Å². The third kappa shape index (κ3) is 5.75. The second kappa shape index (κ2) is 10.6. The molecule has 1 aliphatic rings. The van der Waals surface area contributed by atoms with E-state index >= 15 is 0 Å². The Kier molecular flexibility index (Phi) is 7.39. The fourth-order valence-corrected chi connectivity index (χ4v) is 4.90. The summed E-state index contributed by atoms with van der Waals surface area (Å²) in [6.45, 7) is 2.45. The van der Waals surface area contributed by atoms with Crippen LogP contribution < -0.4 is 10.1 Å². The van der Waals surface area contributed by atoms with Gasteiger partial charge in [-0.3, -0.25) is 9.69 Å². The van der Waals surface area contributed by atoms with Crippen molar-refractivity contribution in [1.82, 2.24) is 10.2 Å². The Hall–Kier alpha value is -2.63. The lowest BCUT2D eigenvalue weighted by Gasteiger charge is -2.34. The highest BCUT2D eigenvalue weighted by Gasteiger charge is 2.28. The van der Waals surface area contributed by atoms with E-state index in [2.05, 4.69) is 64.1 Å². The summed E-state index contributed by atoms with van der Waals surface area (Å²) in [7, 11) is 1.67. The van der Waals surface area contributed by atoms with E-state index in [9.17, 15) is 4.79 Å². The van der Waals surface area contributed by atoms with Gasteiger partial charge >= 0.3 is 0 Å². The molecule has 1 saturated heterocycles. The Morgan fingerprint density at radius 3 is 2.55 bits per heavy atom. The molecule has 162 valence electrons. The zero-order chi connectivity index (χ0) is 21.5. The molecule has 2 aromatic carbocycles. The van der Waals surface area contributed by atoms with Crippen LogP contribution in [0.2, 0.25) is 0 Å². The van der Waals surface area contributed by atoms with Gasteiger partial charge in [-0.15, -0.1) is 11.3 Å². The number of carbonyl (C=O) groups excluding carboxylic acids is 1. The van der Waals surface area contributed by atoms with Crippen LogP contribution in [0.5, 0.6) is 5.75 Å². The Labute approximate surface area is 188 Å². The van der Waals surface area contributed by atoms with Gasteiger partial charge in [-0.25, -0.2) is 0 Å². The molecule has 1 atom stereocenters. The third-order valence-electron chi connectivity index (χ3n) is 5.93. The summed E-state index contributed by atoms with van der Waals surface area (Å²) in [5.74, 6) is 1.01. The molecule has 1 aliphatic heterocycles. The summed E-state index contributed by atoms with van der Waals surface area (Å²) >= 11 is 1.76. The standard InChI is InChI=1S/C26H30N2O2S/c1-30-23-13-9-20(10-14-23)15-16-27-26(29)24-5-2-3-17-28(24)19-21-7-11-22(12-8-21)25-6-4-18-31-25/h4,6-14,18,24H,2-3,5,15-17,19H2,1H3,(H,27,29). The van der Waals surface area contributed by atoms with E-state index < -0.39 is 0 Å². The average molecular weight is 435 g/mol. The number of nitrogens with zero attached hydrogens (tertiary/aromatic N) is 1. The molecule has 0 spiro atoms. The number of methoxy groups -OCH3 is 1. The van der Waals surface area contributed by atoms with Crippen LogP contribution >= 0.6 is 11.3 Å². The highest BCUT2D eigenvalue weighted by Crippen LogP contribution is 2.26. The number of hydrogen-bond donors (Lipinski definition) is 1. The van der Waals surface area contributed by atoms with Gasteiger partial charge in [0, 0.05) is 18.0 Å². The molecule has 4 nitrogen and oxygen atoms in total. The first-order chi connectivity index (χ1) is 15.2. The molecule has 0 bridgehead atoms. The van der Waals surface area contributed by atoms with Gasteiger partial charge in [0.1, 0.15) is 5.75 Å². The quantitative estimate of drug-likeness (QED) is 0.534. The highest BCUT2D eigenvalue weighted by molar-refractivity contribution is 7.13. The first-order valence-electron chi connectivity index (χ1n) is 11.0. The average Bonchev–Trinajstić information content (AvgIpc) is 3.35. The summed E-state index contributed by atoms with van der Waals surface area (Å²) in [6.07, 6.45) is 4.03. The van der Waals surface area contributed by atoms with Crippen molar-refractivity contribution in [1.29, 1.82) is 0 Å². The molecule has 4 rings (SSSR count). The molecule has 2 heterocycles. The van der Waals surface area contributed by atoms with E-state index in [4.69, 9.17) is 4.74 Å². The molecule has 1 fully saturated rings. The molecule has 3 aromatic rings. The summed E-state index contributed by atoms with van der Waals surface area (Å²) < 4.78 is 5.20. The fraction of sp³-hybridized carbons (Fsp3) is 0.346. The monoisotopic (exact) mass is 434 g/mol. The maximum Gasteiger partial charge on any atom is 0.237 e. The van der Waals surface area contributed by atoms with Crippen LogP contribution in [-0.4, -0.2) is 37.0 Å². The Bertz CT molecular complexity index is 952. The van der Waals surface area contributed by atoms with Crippen LogP contribution in [0, 0.1) is 0 Å². The maximum absolute atomic E-state index is 12.9. The number of benzene rings is 2. The number of nitrogens with one attached hydrogen (secondary N) is 1. The van der Waals surface area contributed by atoms with Gasteiger partial charge in [0.15, 0.2) is 0 Å². The summed E-state index contributed by atoms with van der Waals surface area (Å²) in [4.78, 5) is 16.6. The number of ether oxygens (including phenoxy) is 1. The van der Waals surface area contributed by atoms with Crippen molar-refractivity contribution in [2.24, 2.45) is 0 Å². The van der Waals surface area contributed by atoms with E-state index in [1.165, 1.54) is 21.6 Å². The smallest absolute Gasteiger partial charge is 0.237 e. The molecule has 1 N–H and O–H groups in total. The zero-order valence-electron chi connectivity index (χ0n) is 18.0. The predicted molar refractivity (Wildman–Crippen MR) is 128 cm³/mol. The van der Waals surface area contributed by atoms with Gasteiger partial charge < -0.3 is 10.1 Å². The molecular weight excluding hydrogens is 404 g/mol. The first kappa shape index (κ1) is 21.6. The number of rotatable bonds is 8. The van der Waals surface area contributed by atoms with Crippen LogP contribution in [0.1, 0.15) is 30.4 Å². The minimum absolute atomic E-state index is 0.0402. The van der Waals surface area contributed by atoms with Gasteiger partial charge in [0.05, 0.1) is 13.2 Å². The Balaban J connectivity index is 1.31. The molecule has 0 aliphatic carbocycles. The third-order valence-corrected chi connectivity index (χ3v) is 6.85. The minimum atomic E-state index is -0.0402. The van der Waals surface area contributed by atoms with Crippen LogP contribution in [0.4, 0.5) is 0 Å². The van der Waals surface area contributed by atoms with Crippen molar-refractivity contribution in [2.75, 3.05) is 20.2 Å². The van der Waals surface area contributed by atoms with Crippen LogP contribution in [-0.2, 0) is 17.8 Å². The van der Waals surface area contributed by atoms with Crippen molar-refractivity contribution in [3.8, 4) is 16.2 Å². The molecule has 1 unspecified atom stereocenters. The Morgan fingerprint density at radius 1 is 1.06 bits per heavy atom. The van der Waals surface area contributed by atoms with Crippen LogP contribution in [0.3, 0.4) is 0 Å². The van der Waals surface area contributed by atoms with E-state index in [0.717, 1.165) is 44.5 Å². The molecule has 31 heavy (non-hydrogen) atoms. The van der Waals surface area contributed by atoms with Gasteiger partial charge in [-0.1, -0.05) is 48.9 Å². The minimum Gasteiger partial charge on any atom is -0.497 e. The predicted octanol–water partition coefficient (Wildman–Crippen LogP) is 5.14. The zero-order valence-corrected chi connectivity index (χ0v) is 18.9. The van der Waals surface area contributed by atoms with E-state index in [-0.39, 0.29) is 11.9 Å². The second-order valence-electron chi connectivity index (χ2n) is 8.05. The lowest BCUT2D eigenvalue weighted by Crippen LogP contribution is -2.49.